The first-order chi connectivity index (χ1) is 19.2. The van der Waals surface area contributed by atoms with Crippen molar-refractivity contribution in [1.29, 1.82) is 0 Å². The van der Waals surface area contributed by atoms with Gasteiger partial charge in [0.25, 0.3) is 0 Å². The third-order valence-electron chi connectivity index (χ3n) is 9.58. The van der Waals surface area contributed by atoms with E-state index in [-0.39, 0.29) is 25.0 Å². The van der Waals surface area contributed by atoms with Crippen molar-refractivity contribution in [2.24, 2.45) is 0 Å². The van der Waals surface area contributed by atoms with Crippen LogP contribution in [-0.4, -0.2) is 97.0 Å². The number of aliphatic hydroxyl groups excluding tert-OH is 1. The van der Waals surface area contributed by atoms with Crippen molar-refractivity contribution in [3.8, 4) is 11.5 Å². The van der Waals surface area contributed by atoms with Gasteiger partial charge in [0.15, 0.2) is 23.7 Å². The standard InChI is InChI=1S/C29H39N3O8/c1-16(38-22(33)9-13-31-26(34)18-5-4-12-30-18)27(35)39-20-8-10-29(36)21-15-17-6-7-19(37-3)24-23(17)28(29,25(20)40-24)11-14-32(21)2/h6-8,16,18,21,25-26,30-31,34,36H,4-5,9-15H2,1-3H3/t16-,18-,21+,25-,26?,28-,29+/m0/s1. The number of benzene rings is 1. The smallest absolute Gasteiger partial charge is 0.352 e. The molecule has 2 aliphatic carbocycles. The van der Waals surface area contributed by atoms with Gasteiger partial charge in [-0.15, -0.1) is 0 Å². The number of hydrogen-bond donors (Lipinski definition) is 4. The minimum Gasteiger partial charge on any atom is -0.493 e. The van der Waals surface area contributed by atoms with Crippen molar-refractivity contribution in [2.75, 3.05) is 33.8 Å². The van der Waals surface area contributed by atoms with Crippen LogP contribution in [0.2, 0.25) is 0 Å². The topological polar surface area (TPSA) is 139 Å². The summed E-state index contributed by atoms with van der Waals surface area (Å²) in [5.74, 6) is 0.214. The average molecular weight is 558 g/mol. The van der Waals surface area contributed by atoms with Crippen molar-refractivity contribution in [3.05, 3.63) is 35.1 Å². The van der Waals surface area contributed by atoms with Gasteiger partial charge in [0.05, 0.1) is 24.5 Å². The normalized spacial score (nSPS) is 33.3. The second-order valence-electron chi connectivity index (χ2n) is 11.7. The zero-order valence-electron chi connectivity index (χ0n) is 23.3. The second kappa shape index (κ2) is 10.3. The van der Waals surface area contributed by atoms with Crippen molar-refractivity contribution in [3.63, 3.8) is 0 Å². The molecule has 0 radical (unpaired) electrons. The highest BCUT2D eigenvalue weighted by Crippen LogP contribution is 2.65. The van der Waals surface area contributed by atoms with Gasteiger partial charge in [-0.2, -0.15) is 0 Å². The number of methoxy groups -OCH3 is 1. The number of likely N-dealkylation sites (N-methyl/N-ethyl adjacent to an activating group) is 1. The zero-order valence-corrected chi connectivity index (χ0v) is 23.3. The molecule has 218 valence electrons. The molecule has 1 unspecified atom stereocenters. The Kier molecular flexibility index (Phi) is 7.07. The molecule has 2 fully saturated rings. The highest BCUT2D eigenvalue weighted by Gasteiger charge is 2.72. The lowest BCUT2D eigenvalue weighted by atomic mass is 9.50. The van der Waals surface area contributed by atoms with Gasteiger partial charge in [0.1, 0.15) is 12.0 Å². The minimum absolute atomic E-state index is 0.00123. The van der Waals surface area contributed by atoms with E-state index in [0.29, 0.717) is 36.5 Å². The predicted octanol–water partition coefficient (Wildman–Crippen LogP) is 0.498. The van der Waals surface area contributed by atoms with E-state index in [1.54, 1.807) is 13.2 Å². The molecule has 40 heavy (non-hydrogen) atoms. The number of nitrogens with zero attached hydrogens (tertiary/aromatic N) is 1. The SMILES string of the molecule is COc1ccc2c3c1O[C@H]1C(OC(=O)[C@H](C)OC(=O)CCNC(O)[C@@H]4CCCN4)=CC[C@@]4(O)[C@@H](C2)N(C)CC[C@]314. The van der Waals surface area contributed by atoms with Crippen LogP contribution in [0.5, 0.6) is 11.5 Å². The maximum atomic E-state index is 13.1. The third kappa shape index (κ3) is 4.13. The minimum atomic E-state index is -1.14. The number of nitrogens with one attached hydrogen (secondary N) is 2. The molecule has 1 aromatic rings. The van der Waals surface area contributed by atoms with E-state index in [1.165, 1.54) is 6.92 Å². The molecular formula is C29H39N3O8. The van der Waals surface area contributed by atoms with Crippen LogP contribution in [0.3, 0.4) is 0 Å². The van der Waals surface area contributed by atoms with Crippen molar-refractivity contribution in [2.45, 2.75) is 87.0 Å². The number of ether oxygens (including phenoxy) is 4. The van der Waals surface area contributed by atoms with Crippen molar-refractivity contribution < 1.29 is 38.7 Å². The molecule has 0 aromatic heterocycles. The fourth-order valence-electron chi connectivity index (χ4n) is 7.54. The number of hydrogen-bond acceptors (Lipinski definition) is 11. The van der Waals surface area contributed by atoms with E-state index >= 15 is 0 Å². The zero-order chi connectivity index (χ0) is 28.2. The van der Waals surface area contributed by atoms with Crippen LogP contribution in [0.15, 0.2) is 24.0 Å². The Morgan fingerprint density at radius 1 is 1.35 bits per heavy atom. The van der Waals surface area contributed by atoms with Gasteiger partial charge >= 0.3 is 11.9 Å². The third-order valence-corrected chi connectivity index (χ3v) is 9.58. The summed E-state index contributed by atoms with van der Waals surface area (Å²) in [6, 6.07) is 3.79. The van der Waals surface area contributed by atoms with Crippen LogP contribution in [0.4, 0.5) is 0 Å². The number of carbonyl (C=O) groups is 2. The Bertz CT molecular complexity index is 1220. The van der Waals surface area contributed by atoms with E-state index in [9.17, 15) is 19.8 Å². The van der Waals surface area contributed by atoms with Gasteiger partial charge in [0.2, 0.25) is 0 Å². The average Bonchev–Trinajstić information content (AvgIpc) is 3.59. The fraction of sp³-hybridized carbons (Fsp3) is 0.655. The highest BCUT2D eigenvalue weighted by atomic mass is 16.6. The van der Waals surface area contributed by atoms with E-state index < -0.39 is 41.4 Å². The first-order valence-electron chi connectivity index (χ1n) is 14.3. The second-order valence-corrected chi connectivity index (χ2v) is 11.7. The van der Waals surface area contributed by atoms with Gasteiger partial charge in [-0.05, 0) is 70.5 Å². The summed E-state index contributed by atoms with van der Waals surface area (Å²) in [4.78, 5) is 27.7. The summed E-state index contributed by atoms with van der Waals surface area (Å²) in [5, 5.41) is 28.6. The maximum absolute atomic E-state index is 13.1. The van der Waals surface area contributed by atoms with E-state index in [1.807, 2.05) is 19.2 Å². The number of esters is 2. The molecule has 11 heteroatoms. The molecule has 4 N–H and O–H groups in total. The summed E-state index contributed by atoms with van der Waals surface area (Å²) in [5.41, 5.74) is 0.172. The summed E-state index contributed by atoms with van der Waals surface area (Å²) in [6.07, 6.45) is 2.64. The van der Waals surface area contributed by atoms with Crippen molar-refractivity contribution in [1.82, 2.24) is 15.5 Å². The molecule has 1 spiro atoms. The Hall–Kier alpha value is -2.70. The van der Waals surface area contributed by atoms with Crippen LogP contribution in [0.1, 0.15) is 50.2 Å². The summed E-state index contributed by atoms with van der Waals surface area (Å²) in [7, 11) is 3.62. The molecule has 7 atom stereocenters. The lowest BCUT2D eigenvalue weighted by Gasteiger charge is -2.61. The number of piperidine rings is 1. The van der Waals surface area contributed by atoms with E-state index in [4.69, 9.17) is 18.9 Å². The first-order valence-corrected chi connectivity index (χ1v) is 14.3. The summed E-state index contributed by atoms with van der Waals surface area (Å²) in [6.45, 7) is 3.32. The number of likely N-dealkylation sites (tertiary alicyclic amines) is 1. The van der Waals surface area contributed by atoms with Crippen LogP contribution in [0.25, 0.3) is 0 Å². The van der Waals surface area contributed by atoms with Gasteiger partial charge in [-0.1, -0.05) is 6.07 Å². The summed E-state index contributed by atoms with van der Waals surface area (Å²) < 4.78 is 23.3. The maximum Gasteiger partial charge on any atom is 0.352 e. The molecular weight excluding hydrogens is 518 g/mol. The molecule has 2 saturated heterocycles. The first kappa shape index (κ1) is 27.5. The molecule has 6 rings (SSSR count). The highest BCUT2D eigenvalue weighted by molar-refractivity contribution is 5.80. The van der Waals surface area contributed by atoms with E-state index in [0.717, 1.165) is 37.1 Å². The number of rotatable bonds is 9. The Morgan fingerprint density at radius 3 is 2.92 bits per heavy atom. The Balaban J connectivity index is 1.15. The molecule has 0 amide bonds. The molecule has 0 saturated carbocycles. The van der Waals surface area contributed by atoms with Gasteiger partial charge in [-0.3, -0.25) is 10.1 Å². The van der Waals surface area contributed by atoms with Gasteiger partial charge < -0.3 is 39.4 Å². The van der Waals surface area contributed by atoms with E-state index in [2.05, 4.69) is 15.5 Å². The van der Waals surface area contributed by atoms with Crippen molar-refractivity contribution >= 4 is 11.9 Å². The largest absolute Gasteiger partial charge is 0.493 e. The monoisotopic (exact) mass is 557 g/mol. The van der Waals surface area contributed by atoms with Gasteiger partial charge in [-0.25, -0.2) is 4.79 Å². The van der Waals surface area contributed by atoms with Gasteiger partial charge in [0, 0.05) is 30.6 Å². The van der Waals surface area contributed by atoms with Crippen LogP contribution >= 0.6 is 0 Å². The fourth-order valence-corrected chi connectivity index (χ4v) is 7.54. The van der Waals surface area contributed by atoms with Crippen LogP contribution in [-0.2, 0) is 30.9 Å². The summed E-state index contributed by atoms with van der Waals surface area (Å²) >= 11 is 0. The van der Waals surface area contributed by atoms with Crippen LogP contribution in [0, 0.1) is 0 Å². The lowest BCUT2D eigenvalue weighted by molar-refractivity contribution is -0.175. The quantitative estimate of drug-likeness (QED) is 0.249. The molecule has 5 aliphatic rings. The lowest BCUT2D eigenvalue weighted by Crippen LogP contribution is -2.74. The molecule has 3 aliphatic heterocycles. The number of aliphatic hydroxyl groups is 2. The predicted molar refractivity (Wildman–Crippen MR) is 143 cm³/mol. The Labute approximate surface area is 233 Å². The Morgan fingerprint density at radius 2 is 2.17 bits per heavy atom. The molecule has 2 bridgehead atoms. The molecule has 1 aromatic carbocycles. The number of carbonyl (C=O) groups excluding carboxylic acids is 2. The molecule has 11 nitrogen and oxygen atoms in total. The van der Waals surface area contributed by atoms with Crippen LogP contribution < -0.4 is 20.1 Å². The molecule has 3 heterocycles.